The number of amides is 1. The molecule has 0 saturated heterocycles. The summed E-state index contributed by atoms with van der Waals surface area (Å²) in [5.74, 6) is 0.205. The minimum atomic E-state index is 0. The summed E-state index contributed by atoms with van der Waals surface area (Å²) in [5.41, 5.74) is 1.20. The molecule has 1 amide bonds. The molecule has 0 fully saturated rings. The number of nitrogens with one attached hydrogen (secondary N) is 2. The summed E-state index contributed by atoms with van der Waals surface area (Å²) in [5, 5.41) is 6.19. The van der Waals surface area contributed by atoms with E-state index in [9.17, 15) is 4.79 Å². The lowest BCUT2D eigenvalue weighted by molar-refractivity contribution is -0.125. The number of hydrogen-bond acceptors (Lipinski definition) is 2. The van der Waals surface area contributed by atoms with Crippen molar-refractivity contribution in [1.29, 1.82) is 0 Å². The van der Waals surface area contributed by atoms with Gasteiger partial charge < -0.3 is 10.6 Å². The molecule has 1 atom stereocenters. The maximum absolute atomic E-state index is 12.1. The molecule has 1 unspecified atom stereocenters. The SMILES string of the molecule is CCNCCNC(=O)C(CC)Cc1cccc(Br)c1.Cl. The topological polar surface area (TPSA) is 41.1 Å². The monoisotopic (exact) mass is 362 g/mol. The predicted octanol–water partition coefficient (Wildman–Crippen LogP) is 3.17. The molecule has 0 spiro atoms. The van der Waals surface area contributed by atoms with Gasteiger partial charge in [-0.3, -0.25) is 4.79 Å². The third-order valence-corrected chi connectivity index (χ3v) is 3.58. The van der Waals surface area contributed by atoms with Gasteiger partial charge in [-0.25, -0.2) is 0 Å². The van der Waals surface area contributed by atoms with Gasteiger partial charge in [-0.2, -0.15) is 0 Å². The van der Waals surface area contributed by atoms with Gasteiger partial charge in [0.25, 0.3) is 0 Å². The standard InChI is InChI=1S/C15H23BrN2O.ClH/c1-3-13(15(19)18-9-8-17-4-2)10-12-6-5-7-14(16)11-12;/h5-7,11,13,17H,3-4,8-10H2,1-2H3,(H,18,19);1H. The van der Waals surface area contributed by atoms with Crippen molar-refractivity contribution in [3.05, 3.63) is 34.3 Å². The lowest BCUT2D eigenvalue weighted by Crippen LogP contribution is -2.36. The molecule has 1 aromatic carbocycles. The van der Waals surface area contributed by atoms with Crippen LogP contribution in [0, 0.1) is 5.92 Å². The summed E-state index contributed by atoms with van der Waals surface area (Å²) >= 11 is 3.46. The first-order chi connectivity index (χ1) is 9.17. The van der Waals surface area contributed by atoms with Gasteiger partial charge in [0.05, 0.1) is 0 Å². The number of benzene rings is 1. The molecule has 0 radical (unpaired) electrons. The maximum Gasteiger partial charge on any atom is 0.223 e. The van der Waals surface area contributed by atoms with Crippen LogP contribution in [0.25, 0.3) is 0 Å². The Labute approximate surface area is 136 Å². The fourth-order valence-electron chi connectivity index (χ4n) is 1.97. The van der Waals surface area contributed by atoms with Gasteiger partial charge in [-0.1, -0.05) is 41.9 Å². The predicted molar refractivity (Wildman–Crippen MR) is 90.4 cm³/mol. The zero-order valence-corrected chi connectivity index (χ0v) is 14.5. The molecule has 1 aromatic rings. The van der Waals surface area contributed by atoms with Crippen LogP contribution in [0.4, 0.5) is 0 Å². The minimum Gasteiger partial charge on any atom is -0.355 e. The molecule has 0 bridgehead atoms. The Morgan fingerprint density at radius 1 is 1.30 bits per heavy atom. The van der Waals surface area contributed by atoms with Crippen molar-refractivity contribution in [3.8, 4) is 0 Å². The van der Waals surface area contributed by atoms with Crippen molar-refractivity contribution in [2.75, 3.05) is 19.6 Å². The third-order valence-electron chi connectivity index (χ3n) is 3.09. The van der Waals surface area contributed by atoms with Gasteiger partial charge >= 0.3 is 0 Å². The third kappa shape index (κ3) is 7.27. The molecule has 114 valence electrons. The Morgan fingerprint density at radius 2 is 2.05 bits per heavy atom. The van der Waals surface area contributed by atoms with Crippen LogP contribution in [0.1, 0.15) is 25.8 Å². The molecule has 0 heterocycles. The fourth-order valence-corrected chi connectivity index (χ4v) is 2.41. The fraction of sp³-hybridized carbons (Fsp3) is 0.533. The molecule has 2 N–H and O–H groups in total. The second-order valence-corrected chi connectivity index (χ2v) is 5.50. The highest BCUT2D eigenvalue weighted by atomic mass is 79.9. The molecule has 0 aliphatic rings. The first kappa shape index (κ1) is 19.4. The van der Waals surface area contributed by atoms with Crippen molar-refractivity contribution in [2.45, 2.75) is 26.7 Å². The van der Waals surface area contributed by atoms with Crippen molar-refractivity contribution in [1.82, 2.24) is 10.6 Å². The number of hydrogen-bond donors (Lipinski definition) is 2. The smallest absolute Gasteiger partial charge is 0.223 e. The lowest BCUT2D eigenvalue weighted by atomic mass is 9.96. The molecule has 0 aliphatic carbocycles. The van der Waals surface area contributed by atoms with E-state index in [1.54, 1.807) is 0 Å². The van der Waals surface area contributed by atoms with E-state index in [-0.39, 0.29) is 24.2 Å². The van der Waals surface area contributed by atoms with E-state index in [0.717, 1.165) is 30.4 Å². The molecule has 0 aliphatic heterocycles. The number of rotatable bonds is 8. The van der Waals surface area contributed by atoms with E-state index in [2.05, 4.69) is 52.5 Å². The van der Waals surface area contributed by atoms with E-state index >= 15 is 0 Å². The molecular weight excluding hydrogens is 340 g/mol. The zero-order chi connectivity index (χ0) is 14.1. The zero-order valence-electron chi connectivity index (χ0n) is 12.1. The van der Waals surface area contributed by atoms with E-state index in [1.807, 2.05) is 12.1 Å². The van der Waals surface area contributed by atoms with E-state index in [4.69, 9.17) is 0 Å². The van der Waals surface area contributed by atoms with Crippen LogP contribution >= 0.6 is 28.3 Å². The Balaban J connectivity index is 0.00000361. The van der Waals surface area contributed by atoms with Gasteiger partial charge in [-0.05, 0) is 37.1 Å². The van der Waals surface area contributed by atoms with E-state index in [0.29, 0.717) is 6.54 Å². The summed E-state index contributed by atoms with van der Waals surface area (Å²) in [7, 11) is 0. The number of halogens is 2. The van der Waals surface area contributed by atoms with E-state index < -0.39 is 0 Å². The van der Waals surface area contributed by atoms with Crippen LogP contribution in [-0.2, 0) is 11.2 Å². The summed E-state index contributed by atoms with van der Waals surface area (Å²) in [6.07, 6.45) is 1.66. The van der Waals surface area contributed by atoms with E-state index in [1.165, 1.54) is 5.56 Å². The van der Waals surface area contributed by atoms with Gasteiger partial charge in [0.15, 0.2) is 0 Å². The van der Waals surface area contributed by atoms with Gasteiger partial charge in [0.1, 0.15) is 0 Å². The highest BCUT2D eigenvalue weighted by molar-refractivity contribution is 9.10. The van der Waals surface area contributed by atoms with Crippen LogP contribution in [-0.4, -0.2) is 25.5 Å². The molecule has 3 nitrogen and oxygen atoms in total. The quantitative estimate of drug-likeness (QED) is 0.697. The summed E-state index contributed by atoms with van der Waals surface area (Å²) in [4.78, 5) is 12.1. The van der Waals surface area contributed by atoms with Gasteiger partial charge in [0.2, 0.25) is 5.91 Å². The molecular formula is C15H24BrClN2O. The van der Waals surface area contributed by atoms with Gasteiger partial charge in [0, 0.05) is 23.5 Å². The molecule has 1 rings (SSSR count). The normalized spacial score (nSPS) is 11.6. The summed E-state index contributed by atoms with van der Waals surface area (Å²) in [6.45, 7) is 6.58. The van der Waals surface area contributed by atoms with Crippen LogP contribution < -0.4 is 10.6 Å². The molecule has 0 aromatic heterocycles. The van der Waals surface area contributed by atoms with Crippen LogP contribution in [0.3, 0.4) is 0 Å². The number of likely N-dealkylation sites (N-methyl/N-ethyl adjacent to an activating group) is 1. The van der Waals surface area contributed by atoms with Crippen LogP contribution in [0.2, 0.25) is 0 Å². The first-order valence-corrected chi connectivity index (χ1v) is 7.69. The maximum atomic E-state index is 12.1. The summed E-state index contributed by atoms with van der Waals surface area (Å²) < 4.78 is 1.06. The largest absolute Gasteiger partial charge is 0.355 e. The van der Waals surface area contributed by atoms with Gasteiger partial charge in [-0.15, -0.1) is 12.4 Å². The highest BCUT2D eigenvalue weighted by Crippen LogP contribution is 2.17. The summed E-state index contributed by atoms with van der Waals surface area (Å²) in [6, 6.07) is 8.16. The number of carbonyl (C=O) groups is 1. The average Bonchev–Trinajstić information content (AvgIpc) is 2.41. The highest BCUT2D eigenvalue weighted by Gasteiger charge is 2.16. The average molecular weight is 364 g/mol. The first-order valence-electron chi connectivity index (χ1n) is 6.90. The Bertz CT molecular complexity index is 401. The van der Waals surface area contributed by atoms with Crippen molar-refractivity contribution >= 4 is 34.2 Å². The van der Waals surface area contributed by atoms with Crippen molar-refractivity contribution in [3.63, 3.8) is 0 Å². The molecule has 5 heteroatoms. The lowest BCUT2D eigenvalue weighted by Gasteiger charge is -2.15. The van der Waals surface area contributed by atoms with Crippen molar-refractivity contribution < 1.29 is 4.79 Å². The minimum absolute atomic E-state index is 0. The number of carbonyl (C=O) groups excluding carboxylic acids is 1. The van der Waals surface area contributed by atoms with Crippen LogP contribution in [0.5, 0.6) is 0 Å². The molecule has 0 saturated carbocycles. The second-order valence-electron chi connectivity index (χ2n) is 4.58. The second kappa shape index (κ2) is 11.1. The Morgan fingerprint density at radius 3 is 2.65 bits per heavy atom. The molecule has 20 heavy (non-hydrogen) atoms. The van der Waals surface area contributed by atoms with Crippen molar-refractivity contribution in [2.24, 2.45) is 5.92 Å². The Hall–Kier alpha value is -0.580. The van der Waals surface area contributed by atoms with Crippen LogP contribution in [0.15, 0.2) is 28.7 Å². The Kier molecular flexibility index (Phi) is 10.8.